The first-order valence-corrected chi connectivity index (χ1v) is 7.23. The first-order valence-electron chi connectivity index (χ1n) is 6.46. The van der Waals surface area contributed by atoms with Gasteiger partial charge < -0.3 is 10.5 Å². The van der Waals surface area contributed by atoms with E-state index >= 15 is 0 Å². The smallest absolute Gasteiger partial charge is 0.269 e. The Balaban J connectivity index is 2.30. The molecule has 0 aliphatic rings. The van der Waals surface area contributed by atoms with Gasteiger partial charge in [-0.05, 0) is 30.4 Å². The molecule has 0 unspecified atom stereocenters. The Morgan fingerprint density at radius 3 is 2.76 bits per heavy atom. The fourth-order valence-electron chi connectivity index (χ4n) is 1.87. The van der Waals surface area contributed by atoms with Gasteiger partial charge in [-0.2, -0.15) is 0 Å². The van der Waals surface area contributed by atoms with Crippen molar-refractivity contribution in [2.75, 3.05) is 5.32 Å². The van der Waals surface area contributed by atoms with E-state index in [1.165, 1.54) is 0 Å². The average Bonchev–Trinajstić information content (AvgIpc) is 2.96. The van der Waals surface area contributed by atoms with Crippen molar-refractivity contribution in [3.8, 4) is 0 Å². The Labute approximate surface area is 126 Å². The lowest BCUT2D eigenvalue weighted by Crippen LogP contribution is -2.15. The van der Waals surface area contributed by atoms with Crippen molar-refractivity contribution in [1.29, 1.82) is 0 Å². The molecule has 1 aromatic carbocycles. The Bertz CT molecular complexity index is 679. The van der Waals surface area contributed by atoms with Gasteiger partial charge in [-0.3, -0.25) is 4.79 Å². The Morgan fingerprint density at radius 2 is 2.10 bits per heavy atom. The monoisotopic (exact) mass is 304 g/mol. The van der Waals surface area contributed by atoms with Crippen molar-refractivity contribution in [2.45, 2.75) is 26.7 Å². The molecule has 1 aromatic heterocycles. The van der Waals surface area contributed by atoms with Crippen LogP contribution < -0.4 is 5.32 Å². The first-order chi connectivity index (χ1) is 10.0. The SMILES string of the molecule is CC(=NO)c1ccccc1NC(=O)c1snnc1C(C)C. The van der Waals surface area contributed by atoms with Gasteiger partial charge in [-0.15, -0.1) is 5.10 Å². The average molecular weight is 304 g/mol. The predicted molar refractivity (Wildman–Crippen MR) is 82.4 cm³/mol. The van der Waals surface area contributed by atoms with Gasteiger partial charge in [0.25, 0.3) is 5.91 Å². The zero-order chi connectivity index (χ0) is 15.4. The van der Waals surface area contributed by atoms with Crippen LogP contribution in [0.2, 0.25) is 0 Å². The minimum Gasteiger partial charge on any atom is -0.411 e. The molecule has 0 saturated heterocycles. The second-order valence-corrected chi connectivity index (χ2v) is 5.58. The minimum atomic E-state index is -0.258. The van der Waals surface area contributed by atoms with E-state index in [4.69, 9.17) is 5.21 Å². The van der Waals surface area contributed by atoms with Crippen molar-refractivity contribution < 1.29 is 10.0 Å². The fraction of sp³-hybridized carbons (Fsp3) is 0.286. The molecule has 0 aliphatic carbocycles. The molecule has 1 amide bonds. The summed E-state index contributed by atoms with van der Waals surface area (Å²) in [5.41, 5.74) is 2.36. The van der Waals surface area contributed by atoms with Gasteiger partial charge in [0.05, 0.1) is 17.1 Å². The third kappa shape index (κ3) is 3.25. The van der Waals surface area contributed by atoms with E-state index in [1.54, 1.807) is 25.1 Å². The largest absolute Gasteiger partial charge is 0.411 e. The Kier molecular flexibility index (Phi) is 4.64. The molecule has 2 aromatic rings. The van der Waals surface area contributed by atoms with Crippen LogP contribution in [0.25, 0.3) is 0 Å². The van der Waals surface area contributed by atoms with Crippen molar-refractivity contribution in [1.82, 2.24) is 9.59 Å². The summed E-state index contributed by atoms with van der Waals surface area (Å²) in [6.07, 6.45) is 0. The lowest BCUT2D eigenvalue weighted by atomic mass is 10.1. The number of para-hydroxylation sites is 1. The summed E-state index contributed by atoms with van der Waals surface area (Å²) in [5.74, 6) is -0.132. The minimum absolute atomic E-state index is 0.125. The number of aromatic nitrogens is 2. The summed E-state index contributed by atoms with van der Waals surface area (Å²) in [7, 11) is 0. The summed E-state index contributed by atoms with van der Waals surface area (Å²) in [4.78, 5) is 12.9. The van der Waals surface area contributed by atoms with Crippen molar-refractivity contribution in [3.63, 3.8) is 0 Å². The van der Waals surface area contributed by atoms with Crippen LogP contribution in [0, 0.1) is 0 Å². The molecule has 1 heterocycles. The molecule has 0 spiro atoms. The number of amides is 1. The van der Waals surface area contributed by atoms with Gasteiger partial charge in [0, 0.05) is 5.56 Å². The highest BCUT2D eigenvalue weighted by molar-refractivity contribution is 7.08. The van der Waals surface area contributed by atoms with E-state index in [0.717, 1.165) is 11.5 Å². The third-order valence-corrected chi connectivity index (χ3v) is 3.72. The molecule has 0 radical (unpaired) electrons. The van der Waals surface area contributed by atoms with Crippen LogP contribution in [-0.4, -0.2) is 26.4 Å². The number of nitrogens with zero attached hydrogens (tertiary/aromatic N) is 3. The van der Waals surface area contributed by atoms with E-state index in [0.29, 0.717) is 27.5 Å². The number of benzene rings is 1. The Hall–Kier alpha value is -2.28. The van der Waals surface area contributed by atoms with Gasteiger partial charge in [0.2, 0.25) is 0 Å². The van der Waals surface area contributed by atoms with Gasteiger partial charge in [-0.1, -0.05) is 41.7 Å². The lowest BCUT2D eigenvalue weighted by molar-refractivity contribution is 0.102. The molecule has 0 saturated carbocycles. The molecule has 0 atom stereocenters. The summed E-state index contributed by atoms with van der Waals surface area (Å²) in [6.45, 7) is 5.59. The molecule has 7 heteroatoms. The number of carbonyl (C=O) groups is 1. The molecular formula is C14H16N4O2S. The number of hydrogen-bond donors (Lipinski definition) is 2. The van der Waals surface area contributed by atoms with Crippen molar-refractivity contribution >= 4 is 28.8 Å². The summed E-state index contributed by atoms with van der Waals surface area (Å²) >= 11 is 1.07. The maximum atomic E-state index is 12.4. The molecule has 21 heavy (non-hydrogen) atoms. The van der Waals surface area contributed by atoms with E-state index < -0.39 is 0 Å². The highest BCUT2D eigenvalue weighted by Crippen LogP contribution is 2.22. The zero-order valence-corrected chi connectivity index (χ0v) is 12.8. The zero-order valence-electron chi connectivity index (χ0n) is 12.0. The highest BCUT2D eigenvalue weighted by atomic mass is 32.1. The quantitative estimate of drug-likeness (QED) is 0.516. The van der Waals surface area contributed by atoms with Gasteiger partial charge >= 0.3 is 0 Å². The van der Waals surface area contributed by atoms with Gasteiger partial charge in [0.1, 0.15) is 4.88 Å². The first kappa shape index (κ1) is 15.1. The van der Waals surface area contributed by atoms with E-state index in [1.807, 2.05) is 19.9 Å². The predicted octanol–water partition coefficient (Wildman–Crippen LogP) is 3.11. The summed E-state index contributed by atoms with van der Waals surface area (Å²) in [5, 5.41) is 18.9. The van der Waals surface area contributed by atoms with Gasteiger partial charge in [-0.25, -0.2) is 0 Å². The van der Waals surface area contributed by atoms with Crippen LogP contribution in [-0.2, 0) is 0 Å². The third-order valence-electron chi connectivity index (χ3n) is 2.98. The van der Waals surface area contributed by atoms with E-state index in [9.17, 15) is 4.79 Å². The number of anilines is 1. The van der Waals surface area contributed by atoms with Crippen LogP contribution in [0.3, 0.4) is 0 Å². The second kappa shape index (κ2) is 6.45. The maximum Gasteiger partial charge on any atom is 0.269 e. The fourth-order valence-corrected chi connectivity index (χ4v) is 2.59. The molecule has 0 aliphatic heterocycles. The Morgan fingerprint density at radius 1 is 1.38 bits per heavy atom. The molecule has 6 nitrogen and oxygen atoms in total. The topological polar surface area (TPSA) is 87.5 Å². The van der Waals surface area contributed by atoms with E-state index in [2.05, 4.69) is 20.1 Å². The normalized spacial score (nSPS) is 11.7. The van der Waals surface area contributed by atoms with Crippen LogP contribution in [0.5, 0.6) is 0 Å². The van der Waals surface area contributed by atoms with E-state index in [-0.39, 0.29) is 11.8 Å². The standard InChI is InChI=1S/C14H16N4O2S/c1-8(2)12-13(21-18-16-12)14(19)15-11-7-5-4-6-10(11)9(3)17-20/h4-8,20H,1-3H3,(H,15,19). The van der Waals surface area contributed by atoms with Crippen LogP contribution in [0.15, 0.2) is 29.4 Å². The van der Waals surface area contributed by atoms with Crippen LogP contribution in [0.1, 0.15) is 47.6 Å². The molecule has 110 valence electrons. The van der Waals surface area contributed by atoms with Crippen molar-refractivity contribution in [2.24, 2.45) is 5.16 Å². The number of hydrogen-bond acceptors (Lipinski definition) is 6. The second-order valence-electron chi connectivity index (χ2n) is 4.83. The highest BCUT2D eigenvalue weighted by Gasteiger charge is 2.19. The van der Waals surface area contributed by atoms with Crippen LogP contribution in [0.4, 0.5) is 5.69 Å². The molecular weight excluding hydrogens is 288 g/mol. The molecule has 0 fully saturated rings. The van der Waals surface area contributed by atoms with Crippen LogP contribution >= 0.6 is 11.5 Å². The number of carbonyl (C=O) groups excluding carboxylic acids is 1. The number of nitrogens with one attached hydrogen (secondary N) is 1. The lowest BCUT2D eigenvalue weighted by Gasteiger charge is -2.10. The number of rotatable bonds is 4. The molecule has 2 rings (SSSR count). The molecule has 2 N–H and O–H groups in total. The maximum absolute atomic E-state index is 12.4. The summed E-state index contributed by atoms with van der Waals surface area (Å²) in [6, 6.07) is 7.15. The summed E-state index contributed by atoms with van der Waals surface area (Å²) < 4.78 is 3.85. The van der Waals surface area contributed by atoms with Crippen molar-refractivity contribution in [3.05, 3.63) is 40.4 Å². The van der Waals surface area contributed by atoms with Gasteiger partial charge in [0.15, 0.2) is 0 Å². The number of oxime groups is 1. The molecule has 0 bridgehead atoms.